The van der Waals surface area contributed by atoms with Gasteiger partial charge in [-0.1, -0.05) is 12.8 Å². The zero-order valence-electron chi connectivity index (χ0n) is 9.49. The molecule has 0 amide bonds. The Hall–Kier alpha value is -0.730. The van der Waals surface area contributed by atoms with Gasteiger partial charge in [-0.25, -0.2) is 0 Å². The fourth-order valence-electron chi connectivity index (χ4n) is 2.56. The van der Waals surface area contributed by atoms with E-state index in [-0.39, 0.29) is 12.4 Å². The Labute approximate surface area is 112 Å². The van der Waals surface area contributed by atoms with E-state index in [1.165, 1.54) is 25.7 Å². The molecule has 0 atom stereocenters. The lowest BCUT2D eigenvalue weighted by atomic mass is 10.1. The molecule has 0 aromatic carbocycles. The SMILES string of the molecule is Cl.ClCc1nccc2oc(C3CCCC3)cc12. The highest BCUT2D eigenvalue weighted by molar-refractivity contribution is 6.17. The largest absolute Gasteiger partial charge is 0.461 e. The Morgan fingerprint density at radius 2 is 2.12 bits per heavy atom. The molecule has 0 spiro atoms. The Bertz CT molecular complexity index is 503. The zero-order valence-corrected chi connectivity index (χ0v) is 11.1. The van der Waals surface area contributed by atoms with Crippen LogP contribution in [0.15, 0.2) is 22.7 Å². The van der Waals surface area contributed by atoms with Crippen LogP contribution in [0.3, 0.4) is 0 Å². The van der Waals surface area contributed by atoms with Crippen molar-refractivity contribution in [3.63, 3.8) is 0 Å². The molecule has 0 radical (unpaired) electrons. The van der Waals surface area contributed by atoms with Crippen LogP contribution in [0.5, 0.6) is 0 Å². The minimum absolute atomic E-state index is 0. The molecular formula is C13H15Cl2NO. The van der Waals surface area contributed by atoms with Crippen molar-refractivity contribution >= 4 is 35.0 Å². The molecule has 2 nitrogen and oxygen atoms in total. The second kappa shape index (κ2) is 5.28. The molecule has 4 heteroatoms. The average Bonchev–Trinajstić information content (AvgIpc) is 2.96. The van der Waals surface area contributed by atoms with Crippen LogP contribution in [-0.2, 0) is 5.88 Å². The molecule has 0 saturated heterocycles. The number of nitrogens with zero attached hydrogens (tertiary/aromatic N) is 1. The molecule has 1 saturated carbocycles. The maximum absolute atomic E-state index is 5.90. The van der Waals surface area contributed by atoms with Gasteiger partial charge in [0, 0.05) is 17.5 Å². The quantitative estimate of drug-likeness (QED) is 0.744. The van der Waals surface area contributed by atoms with Gasteiger partial charge < -0.3 is 4.42 Å². The molecule has 2 heterocycles. The standard InChI is InChI=1S/C13H14ClNO.ClH/c14-8-11-10-7-13(9-3-1-2-4-9)16-12(10)5-6-15-11;/h5-7,9H,1-4,8H2;1H. The lowest BCUT2D eigenvalue weighted by Gasteiger charge is -2.02. The Morgan fingerprint density at radius 1 is 1.35 bits per heavy atom. The van der Waals surface area contributed by atoms with Gasteiger partial charge in [-0.3, -0.25) is 4.98 Å². The van der Waals surface area contributed by atoms with Crippen molar-refractivity contribution in [2.45, 2.75) is 37.5 Å². The number of rotatable bonds is 2. The molecule has 0 bridgehead atoms. The van der Waals surface area contributed by atoms with Crippen LogP contribution in [0, 0.1) is 0 Å². The normalized spacial score (nSPS) is 16.3. The van der Waals surface area contributed by atoms with Crippen LogP contribution >= 0.6 is 24.0 Å². The number of alkyl halides is 1. The van der Waals surface area contributed by atoms with Crippen molar-refractivity contribution in [2.75, 3.05) is 0 Å². The van der Waals surface area contributed by atoms with Crippen molar-refractivity contribution in [3.05, 3.63) is 29.8 Å². The molecule has 1 aliphatic carbocycles. The van der Waals surface area contributed by atoms with E-state index in [1.807, 2.05) is 6.07 Å². The molecule has 0 aliphatic heterocycles. The number of aromatic nitrogens is 1. The molecule has 3 rings (SSSR count). The third-order valence-corrected chi connectivity index (χ3v) is 3.68. The summed E-state index contributed by atoms with van der Waals surface area (Å²) in [6, 6.07) is 4.06. The fourth-order valence-corrected chi connectivity index (χ4v) is 2.77. The summed E-state index contributed by atoms with van der Waals surface area (Å²) in [5.74, 6) is 2.17. The third-order valence-electron chi connectivity index (χ3n) is 3.43. The summed E-state index contributed by atoms with van der Waals surface area (Å²) in [4.78, 5) is 4.27. The van der Waals surface area contributed by atoms with Gasteiger partial charge in [0.2, 0.25) is 0 Å². The van der Waals surface area contributed by atoms with Crippen molar-refractivity contribution in [3.8, 4) is 0 Å². The van der Waals surface area contributed by atoms with Gasteiger partial charge >= 0.3 is 0 Å². The summed E-state index contributed by atoms with van der Waals surface area (Å²) < 4.78 is 5.90. The number of halogens is 2. The van der Waals surface area contributed by atoms with E-state index in [2.05, 4.69) is 11.1 Å². The first-order valence-electron chi connectivity index (χ1n) is 5.82. The summed E-state index contributed by atoms with van der Waals surface area (Å²) in [6.07, 6.45) is 6.92. The predicted octanol–water partition coefficient (Wildman–Crippen LogP) is 4.65. The van der Waals surface area contributed by atoms with E-state index < -0.39 is 0 Å². The second-order valence-electron chi connectivity index (χ2n) is 4.43. The molecular weight excluding hydrogens is 257 g/mol. The first-order valence-corrected chi connectivity index (χ1v) is 6.35. The lowest BCUT2D eigenvalue weighted by Crippen LogP contribution is -1.87. The highest BCUT2D eigenvalue weighted by Gasteiger charge is 2.21. The van der Waals surface area contributed by atoms with Gasteiger partial charge in [0.25, 0.3) is 0 Å². The van der Waals surface area contributed by atoms with Crippen molar-refractivity contribution in [2.24, 2.45) is 0 Å². The Kier molecular flexibility index (Phi) is 3.95. The Balaban J connectivity index is 0.00000108. The molecule has 0 unspecified atom stereocenters. The van der Waals surface area contributed by atoms with Crippen LogP contribution in [-0.4, -0.2) is 4.98 Å². The van der Waals surface area contributed by atoms with Gasteiger partial charge in [-0.2, -0.15) is 0 Å². The summed E-state index contributed by atoms with van der Waals surface area (Å²) in [5, 5.41) is 1.08. The Morgan fingerprint density at radius 3 is 2.82 bits per heavy atom. The van der Waals surface area contributed by atoms with Gasteiger partial charge in [0.1, 0.15) is 11.3 Å². The van der Waals surface area contributed by atoms with Gasteiger partial charge in [-0.05, 0) is 25.0 Å². The van der Waals surface area contributed by atoms with Crippen LogP contribution in [0.25, 0.3) is 11.0 Å². The van der Waals surface area contributed by atoms with E-state index in [0.717, 1.165) is 22.4 Å². The molecule has 17 heavy (non-hydrogen) atoms. The molecule has 1 fully saturated rings. The summed E-state index contributed by atoms with van der Waals surface area (Å²) in [6.45, 7) is 0. The predicted molar refractivity (Wildman–Crippen MR) is 72.0 cm³/mol. The second-order valence-corrected chi connectivity index (χ2v) is 4.70. The molecule has 2 aromatic heterocycles. The van der Waals surface area contributed by atoms with Gasteiger partial charge in [0.15, 0.2) is 0 Å². The number of pyridine rings is 1. The highest BCUT2D eigenvalue weighted by atomic mass is 35.5. The topological polar surface area (TPSA) is 26.0 Å². The van der Waals surface area contributed by atoms with Crippen molar-refractivity contribution < 1.29 is 4.42 Å². The van der Waals surface area contributed by atoms with E-state index in [0.29, 0.717) is 11.8 Å². The molecule has 2 aromatic rings. The number of fused-ring (bicyclic) bond motifs is 1. The maximum atomic E-state index is 5.90. The van der Waals surface area contributed by atoms with Gasteiger partial charge in [0.05, 0.1) is 11.6 Å². The van der Waals surface area contributed by atoms with Gasteiger partial charge in [-0.15, -0.1) is 24.0 Å². The molecule has 1 aliphatic rings. The first-order chi connectivity index (χ1) is 7.88. The van der Waals surface area contributed by atoms with Crippen LogP contribution in [0.4, 0.5) is 0 Å². The first kappa shape index (κ1) is 12.7. The minimum Gasteiger partial charge on any atom is -0.461 e. The van der Waals surface area contributed by atoms with E-state index in [1.54, 1.807) is 6.20 Å². The lowest BCUT2D eigenvalue weighted by molar-refractivity contribution is 0.494. The highest BCUT2D eigenvalue weighted by Crippen LogP contribution is 2.37. The smallest absolute Gasteiger partial charge is 0.137 e. The average molecular weight is 272 g/mol. The monoisotopic (exact) mass is 271 g/mol. The number of furan rings is 1. The summed E-state index contributed by atoms with van der Waals surface area (Å²) in [5.41, 5.74) is 1.85. The summed E-state index contributed by atoms with van der Waals surface area (Å²) in [7, 11) is 0. The number of hydrogen-bond acceptors (Lipinski definition) is 2. The van der Waals surface area contributed by atoms with Crippen LogP contribution < -0.4 is 0 Å². The fraction of sp³-hybridized carbons (Fsp3) is 0.462. The molecule has 92 valence electrons. The van der Waals surface area contributed by atoms with Crippen LogP contribution in [0.2, 0.25) is 0 Å². The van der Waals surface area contributed by atoms with E-state index >= 15 is 0 Å². The number of hydrogen-bond donors (Lipinski definition) is 0. The molecule has 0 N–H and O–H groups in total. The summed E-state index contributed by atoms with van der Waals surface area (Å²) >= 11 is 5.87. The minimum atomic E-state index is 0. The van der Waals surface area contributed by atoms with E-state index in [4.69, 9.17) is 16.0 Å². The zero-order chi connectivity index (χ0) is 11.0. The van der Waals surface area contributed by atoms with Crippen molar-refractivity contribution in [1.29, 1.82) is 0 Å². The van der Waals surface area contributed by atoms with E-state index in [9.17, 15) is 0 Å². The van der Waals surface area contributed by atoms with Crippen LogP contribution in [0.1, 0.15) is 43.1 Å². The van der Waals surface area contributed by atoms with Crippen molar-refractivity contribution in [1.82, 2.24) is 4.98 Å². The maximum Gasteiger partial charge on any atom is 0.137 e. The third kappa shape index (κ3) is 2.29.